The third kappa shape index (κ3) is 2900. The van der Waals surface area contributed by atoms with Crippen molar-refractivity contribution in [3.8, 4) is 0 Å². The van der Waals surface area contributed by atoms with E-state index in [0.717, 1.165) is 5.34 Å². The summed E-state index contributed by atoms with van der Waals surface area (Å²) < 4.78 is 0. The van der Waals surface area contributed by atoms with Gasteiger partial charge in [0.25, 0.3) is 0 Å². The van der Waals surface area contributed by atoms with Crippen LogP contribution in [0.15, 0.2) is 5.34 Å². The average molecular weight is 239 g/mol. The molecule has 52 valence electrons. The zero-order valence-electron chi connectivity index (χ0n) is 4.24. The Bertz CT molecular complexity index is 62.0. The van der Waals surface area contributed by atoms with E-state index in [1.165, 1.54) is 0 Å². The van der Waals surface area contributed by atoms with E-state index >= 15 is 0 Å². The van der Waals surface area contributed by atoms with E-state index in [1.54, 1.807) is 0 Å². The van der Waals surface area contributed by atoms with Crippen molar-refractivity contribution in [2.45, 2.75) is 0 Å². The van der Waals surface area contributed by atoms with E-state index in [9.17, 15) is 0 Å². The van der Waals surface area contributed by atoms with E-state index in [1.807, 2.05) is 0 Å². The molecule has 7 nitrogen and oxygen atoms in total. The van der Waals surface area contributed by atoms with Gasteiger partial charge in [-0.15, -0.1) is 5.34 Å². The summed E-state index contributed by atoms with van der Waals surface area (Å²) in [5.41, 5.74) is 0. The second kappa shape index (κ2) is 23.9. The van der Waals surface area contributed by atoms with Gasteiger partial charge in [-0.25, -0.2) is 0 Å². The maximum absolute atomic E-state index is 8.25. The van der Waals surface area contributed by atoms with Crippen LogP contribution in [0, 0.1) is 25.4 Å². The van der Waals surface area contributed by atoms with Crippen LogP contribution >= 0.6 is 0 Å². The average Bonchev–Trinajstić information content (AvgIpc) is 1.33. The van der Waals surface area contributed by atoms with Crippen LogP contribution in [-0.4, -0.2) is 5.09 Å². The molecule has 0 aromatic rings. The molecule has 0 rings (SSSR count). The Hall–Kier alpha value is 0.340. The van der Waals surface area contributed by atoms with Gasteiger partial charge in [-0.05, 0) is 0 Å². The van der Waals surface area contributed by atoms with Crippen LogP contribution in [0.4, 0.5) is 0 Å². The first-order valence-electron chi connectivity index (χ1n) is 0.913. The fraction of sp³-hybridized carbons (Fsp3) is 0. The van der Waals surface area contributed by atoms with Crippen molar-refractivity contribution < 1.29 is 57.0 Å². The van der Waals surface area contributed by atoms with Crippen molar-refractivity contribution in [2.24, 2.45) is 5.34 Å². The summed E-state index contributed by atoms with van der Waals surface area (Å²) in [6.45, 7) is 0. The molecule has 0 radical (unpaired) electrons. The molecule has 0 saturated heterocycles. The maximum atomic E-state index is 8.25. The first-order valence-corrected chi connectivity index (χ1v) is 0.913. The minimum atomic E-state index is -1.75. The Labute approximate surface area is 87.3 Å². The molecule has 0 aliphatic rings. The quantitative estimate of drug-likeness (QED) is 0.193. The molecule has 0 saturated carbocycles. The largest absolute Gasteiger partial charge is 1.00 e. The Morgan fingerprint density at radius 1 is 1.33 bits per heavy atom. The third-order valence-electron chi connectivity index (χ3n) is 0. The molecule has 9 heteroatoms. The second-order valence-electron chi connectivity index (χ2n) is 0.298. The molecule has 0 heterocycles. The van der Waals surface area contributed by atoms with Crippen molar-refractivity contribution in [1.29, 1.82) is 0 Å². The minimum absolute atomic E-state index is 0. The van der Waals surface area contributed by atoms with Crippen molar-refractivity contribution in [1.82, 2.24) is 0 Å². The van der Waals surface area contributed by atoms with Gasteiger partial charge in [0.1, 0.15) is 0 Å². The Balaban J connectivity index is -0.0000000233. The van der Waals surface area contributed by atoms with Crippen molar-refractivity contribution in [2.75, 3.05) is 0 Å². The number of nitrogens with zero attached hydrogens (tertiary/aromatic N) is 2. The van der Waals surface area contributed by atoms with Gasteiger partial charge >= 0.3 is 51.9 Å². The smallest absolute Gasteiger partial charge is 0.444 e. The summed E-state index contributed by atoms with van der Waals surface area (Å²) in [7, 11) is 0. The standard InChI is InChI=1S/Ag.NO3.HNO2.Na/c;2-1(3)4;2-1-3;/h;;(H,2,3);/q+1;-1;;+1/p-1. The van der Waals surface area contributed by atoms with E-state index in [2.05, 4.69) is 0 Å². The van der Waals surface area contributed by atoms with Gasteiger partial charge in [0.15, 0.2) is 0 Å². The van der Waals surface area contributed by atoms with Crippen molar-refractivity contribution in [3.63, 3.8) is 0 Å². The third-order valence-corrected chi connectivity index (χ3v) is 0. The number of rotatable bonds is 0. The molecule has 0 amide bonds. The normalized spacial score (nSPS) is 4.00. The summed E-state index contributed by atoms with van der Waals surface area (Å²) >= 11 is 0. The first-order chi connectivity index (χ1) is 3.15. The topological polar surface area (TPSA) is 119 Å². The Morgan fingerprint density at radius 2 is 1.33 bits per heavy atom. The Morgan fingerprint density at radius 3 is 1.33 bits per heavy atom. The zero-order chi connectivity index (χ0) is 6.28. The van der Waals surface area contributed by atoms with Crippen LogP contribution < -0.4 is 29.6 Å². The molecule has 0 aromatic carbocycles. The van der Waals surface area contributed by atoms with Gasteiger partial charge in [-0.3, -0.25) is 0 Å². The fourth-order valence-electron chi connectivity index (χ4n) is 0. The maximum Gasteiger partial charge on any atom is 1.00 e. The van der Waals surface area contributed by atoms with Crippen LogP contribution in [0.1, 0.15) is 0 Å². The zero-order valence-corrected chi connectivity index (χ0v) is 7.72. The van der Waals surface area contributed by atoms with Gasteiger partial charge in [0.05, 0.1) is 5.09 Å². The van der Waals surface area contributed by atoms with E-state index in [0.29, 0.717) is 0 Å². The summed E-state index contributed by atoms with van der Waals surface area (Å²) in [5, 5.41) is 23.8. The van der Waals surface area contributed by atoms with Crippen molar-refractivity contribution >= 4 is 0 Å². The van der Waals surface area contributed by atoms with Crippen LogP contribution in [0.2, 0.25) is 0 Å². The SMILES string of the molecule is O=N[O-].O=[N+]([O-])[O-].[Ag+].[Na+]. The molecule has 0 spiro atoms. The molecule has 0 aliphatic carbocycles. The van der Waals surface area contributed by atoms with Gasteiger partial charge in [-0.2, -0.15) is 0 Å². The van der Waals surface area contributed by atoms with E-state index in [4.69, 9.17) is 25.4 Å². The van der Waals surface area contributed by atoms with Crippen molar-refractivity contribution in [3.05, 3.63) is 25.4 Å². The van der Waals surface area contributed by atoms with Crippen LogP contribution in [-0.2, 0) is 22.4 Å². The molecule has 0 fully saturated rings. The van der Waals surface area contributed by atoms with Gasteiger partial charge < -0.3 is 25.4 Å². The molecular weight excluding hydrogens is 239 g/mol. The fourth-order valence-corrected chi connectivity index (χ4v) is 0. The molecule has 9 heavy (non-hydrogen) atoms. The molecule has 0 unspecified atom stereocenters. The number of hydrogen-bond donors (Lipinski definition) is 0. The first kappa shape index (κ1) is 22.8. The van der Waals surface area contributed by atoms with Gasteiger partial charge in [0, 0.05) is 0 Å². The summed E-state index contributed by atoms with van der Waals surface area (Å²) in [6, 6.07) is 0. The molecule has 0 aliphatic heterocycles. The minimum Gasteiger partial charge on any atom is -0.444 e. The predicted molar refractivity (Wildman–Crippen MR) is 19.5 cm³/mol. The summed E-state index contributed by atoms with van der Waals surface area (Å²) in [4.78, 5) is 16.2. The molecule has 0 aromatic heterocycles. The molecular formula is AgN2NaO5. The Kier molecular flexibility index (Phi) is 60.4. The second-order valence-corrected chi connectivity index (χ2v) is 0.298. The summed E-state index contributed by atoms with van der Waals surface area (Å²) in [5.74, 6) is 0. The van der Waals surface area contributed by atoms with Gasteiger partial charge in [0.2, 0.25) is 0 Å². The van der Waals surface area contributed by atoms with Crippen LogP contribution in [0.25, 0.3) is 0 Å². The summed E-state index contributed by atoms with van der Waals surface area (Å²) in [6.07, 6.45) is 0. The molecule has 0 atom stereocenters. The molecule has 0 N–H and O–H groups in total. The van der Waals surface area contributed by atoms with E-state index < -0.39 is 5.09 Å². The van der Waals surface area contributed by atoms with Crippen LogP contribution in [0.3, 0.4) is 0 Å². The molecule has 0 bridgehead atoms. The van der Waals surface area contributed by atoms with Crippen LogP contribution in [0.5, 0.6) is 0 Å². The number of hydrogen-bond acceptors (Lipinski definition) is 6. The monoisotopic (exact) mass is 238 g/mol. The predicted octanol–water partition coefficient (Wildman–Crippen LogP) is -2.99. The van der Waals surface area contributed by atoms with E-state index in [-0.39, 0.29) is 51.9 Å². The van der Waals surface area contributed by atoms with Gasteiger partial charge in [-0.1, -0.05) is 0 Å².